The molecule has 0 unspecified atom stereocenters. The molecule has 2 aliphatic carbocycles. The number of allylic oxidation sites excluding steroid dienone is 6. The van der Waals surface area contributed by atoms with Gasteiger partial charge in [0, 0.05) is 42.4 Å². The molecule has 1 aromatic heterocycles. The molecule has 6 rings (SSSR count). The largest absolute Gasteiger partial charge is 0.381 e. The first kappa shape index (κ1) is 20.1. The van der Waals surface area contributed by atoms with E-state index in [0.717, 1.165) is 35.3 Å². The van der Waals surface area contributed by atoms with E-state index in [1.807, 2.05) is 30.4 Å². The van der Waals surface area contributed by atoms with E-state index in [4.69, 9.17) is 4.99 Å². The number of aliphatic imine (C=N–C) groups is 1. The average molecular weight is 553 g/mol. The molecule has 0 bridgehead atoms. The molecule has 3 heterocycles. The van der Waals surface area contributed by atoms with Crippen LogP contribution in [0, 0.1) is 5.41 Å². The highest BCUT2D eigenvalue weighted by Crippen LogP contribution is 2.49. The number of rotatable bonds is 2. The van der Waals surface area contributed by atoms with Crippen LogP contribution in [-0.4, -0.2) is 34.9 Å². The topological polar surface area (TPSA) is 63.5 Å². The summed E-state index contributed by atoms with van der Waals surface area (Å²) in [6, 6.07) is 10.2. The van der Waals surface area contributed by atoms with Gasteiger partial charge in [-0.3, -0.25) is 14.6 Å². The molecule has 0 saturated carbocycles. The van der Waals surface area contributed by atoms with E-state index in [-0.39, 0.29) is 11.6 Å². The third kappa shape index (κ3) is 2.83. The molecule has 1 aromatic carbocycles. The van der Waals surface area contributed by atoms with Gasteiger partial charge in [-0.2, -0.15) is 0 Å². The average Bonchev–Trinajstić information content (AvgIpc) is 3.15. The van der Waals surface area contributed by atoms with Gasteiger partial charge in [0.05, 0.1) is 20.4 Å². The van der Waals surface area contributed by atoms with Gasteiger partial charge < -0.3 is 9.88 Å². The zero-order valence-corrected chi connectivity index (χ0v) is 20.3. The summed E-state index contributed by atoms with van der Waals surface area (Å²) in [6.07, 6.45) is 7.59. The van der Waals surface area contributed by atoms with Gasteiger partial charge >= 0.3 is 0 Å². The summed E-state index contributed by atoms with van der Waals surface area (Å²) < 4.78 is 3.10. The van der Waals surface area contributed by atoms with Crippen LogP contribution in [0.1, 0.15) is 33.6 Å². The summed E-state index contributed by atoms with van der Waals surface area (Å²) in [5, 5.41) is 3.37. The first-order valence-corrected chi connectivity index (χ1v) is 12.2. The lowest BCUT2D eigenvalue weighted by molar-refractivity contribution is -0.111. The van der Waals surface area contributed by atoms with Crippen LogP contribution in [0.15, 0.2) is 73.9 Å². The molecule has 32 heavy (non-hydrogen) atoms. The number of halogens is 2. The third-order valence-electron chi connectivity index (χ3n) is 6.68. The number of benzene rings is 1. The maximum absolute atomic E-state index is 13.9. The maximum atomic E-state index is 13.9. The minimum absolute atomic E-state index is 0.00283. The fraction of sp³-hybridized carbons (Fsp3) is 0.240. The summed E-state index contributed by atoms with van der Waals surface area (Å²) in [5.41, 5.74) is 5.81. The molecule has 2 aliphatic heterocycles. The van der Waals surface area contributed by atoms with Crippen LogP contribution in [0.2, 0.25) is 0 Å². The van der Waals surface area contributed by atoms with E-state index < -0.39 is 5.41 Å². The van der Waals surface area contributed by atoms with Crippen molar-refractivity contribution in [3.05, 3.63) is 91.3 Å². The van der Waals surface area contributed by atoms with Crippen LogP contribution in [-0.2, 0) is 17.8 Å². The number of ketones is 2. The highest BCUT2D eigenvalue weighted by atomic mass is 79.9. The fourth-order valence-corrected chi connectivity index (χ4v) is 6.82. The summed E-state index contributed by atoms with van der Waals surface area (Å²) in [6.45, 7) is 1.97. The second-order valence-electron chi connectivity index (χ2n) is 8.58. The number of fused-ring (bicyclic) bond motifs is 2. The van der Waals surface area contributed by atoms with Crippen LogP contribution >= 0.6 is 31.9 Å². The molecule has 0 fully saturated rings. The molecule has 7 heteroatoms. The minimum Gasteiger partial charge on any atom is -0.381 e. The molecule has 4 aliphatic rings. The Balaban J connectivity index is 1.55. The normalized spacial score (nSPS) is 20.9. The van der Waals surface area contributed by atoms with Gasteiger partial charge in [0.2, 0.25) is 11.6 Å². The predicted octanol–water partition coefficient (Wildman–Crippen LogP) is 4.45. The number of hydrogen-bond donors (Lipinski definition) is 1. The lowest BCUT2D eigenvalue weighted by Crippen LogP contribution is -2.45. The first-order chi connectivity index (χ1) is 15.5. The molecule has 0 saturated heterocycles. The van der Waals surface area contributed by atoms with Gasteiger partial charge in [0.1, 0.15) is 5.69 Å². The van der Waals surface area contributed by atoms with Crippen molar-refractivity contribution in [2.45, 2.75) is 19.4 Å². The number of nitrogens with one attached hydrogen (secondary N) is 1. The van der Waals surface area contributed by atoms with Crippen molar-refractivity contribution >= 4 is 49.1 Å². The standard InChI is InChI=1S/C25H19Br2N3O2/c26-16-10-25(11-17(27)23(16)31)7-9-29-21-19(25)20-18-15(6-8-28-20)13-30(22(18)24(21)32)12-14-4-2-1-3-5-14/h1-5,10-11,13,29H,6-9,12H2. The lowest BCUT2D eigenvalue weighted by atomic mass is 9.66. The minimum atomic E-state index is -0.561. The first-order valence-electron chi connectivity index (χ1n) is 10.6. The van der Waals surface area contributed by atoms with Crippen molar-refractivity contribution < 1.29 is 9.59 Å². The van der Waals surface area contributed by atoms with Gasteiger partial charge in [-0.15, -0.1) is 0 Å². The summed E-state index contributed by atoms with van der Waals surface area (Å²) >= 11 is 6.90. The zero-order valence-electron chi connectivity index (χ0n) is 17.1. The molecule has 0 radical (unpaired) electrons. The lowest BCUT2D eigenvalue weighted by Gasteiger charge is -2.42. The van der Waals surface area contributed by atoms with Crippen molar-refractivity contribution in [1.82, 2.24) is 9.88 Å². The van der Waals surface area contributed by atoms with Crippen molar-refractivity contribution in [3.8, 4) is 0 Å². The van der Waals surface area contributed by atoms with E-state index in [9.17, 15) is 9.59 Å². The third-order valence-corrected chi connectivity index (χ3v) is 7.86. The van der Waals surface area contributed by atoms with Crippen LogP contribution in [0.5, 0.6) is 0 Å². The molecule has 0 amide bonds. The highest BCUT2D eigenvalue weighted by molar-refractivity contribution is 9.13. The number of nitrogens with zero attached hydrogens (tertiary/aromatic N) is 2. The van der Waals surface area contributed by atoms with Crippen molar-refractivity contribution in [3.63, 3.8) is 0 Å². The Kier molecular flexibility index (Phi) is 4.56. The Morgan fingerprint density at radius 1 is 1.06 bits per heavy atom. The van der Waals surface area contributed by atoms with Gasteiger partial charge in [0.25, 0.3) is 0 Å². The Morgan fingerprint density at radius 3 is 2.56 bits per heavy atom. The molecular formula is C25H19Br2N3O2. The monoisotopic (exact) mass is 551 g/mol. The summed E-state index contributed by atoms with van der Waals surface area (Å²) in [5.74, 6) is -0.0810. The second kappa shape index (κ2) is 7.25. The molecular weight excluding hydrogens is 534 g/mol. The molecule has 0 atom stereocenters. The number of Topliss-reactive ketones (excluding diaryl/α,β-unsaturated/α-hetero) is 2. The van der Waals surface area contributed by atoms with Crippen LogP contribution in [0.3, 0.4) is 0 Å². The van der Waals surface area contributed by atoms with Crippen molar-refractivity contribution in [1.29, 1.82) is 0 Å². The number of aromatic nitrogens is 1. The summed E-state index contributed by atoms with van der Waals surface area (Å²) in [4.78, 5) is 31.2. The van der Waals surface area contributed by atoms with E-state index in [1.54, 1.807) is 0 Å². The fourth-order valence-electron chi connectivity index (χ4n) is 5.31. The quantitative estimate of drug-likeness (QED) is 0.598. The van der Waals surface area contributed by atoms with Crippen molar-refractivity contribution in [2.75, 3.05) is 13.1 Å². The van der Waals surface area contributed by atoms with Crippen LogP contribution in [0.4, 0.5) is 0 Å². The van der Waals surface area contributed by atoms with Crippen molar-refractivity contribution in [2.24, 2.45) is 10.4 Å². The van der Waals surface area contributed by atoms with Gasteiger partial charge in [0.15, 0.2) is 0 Å². The second-order valence-corrected chi connectivity index (χ2v) is 10.3. The molecule has 5 nitrogen and oxygen atoms in total. The van der Waals surface area contributed by atoms with Crippen LogP contribution < -0.4 is 5.32 Å². The number of carbonyl (C=O) groups excluding carboxylic acids is 2. The van der Waals surface area contributed by atoms with E-state index in [2.05, 4.69) is 60.1 Å². The molecule has 2 aromatic rings. The molecule has 1 N–H and O–H groups in total. The summed E-state index contributed by atoms with van der Waals surface area (Å²) in [7, 11) is 0. The Morgan fingerprint density at radius 2 is 1.81 bits per heavy atom. The van der Waals surface area contributed by atoms with Gasteiger partial charge in [-0.25, -0.2) is 0 Å². The Hall–Kier alpha value is -2.51. The number of carbonyl (C=O) groups is 2. The molecule has 1 spiro atoms. The van der Waals surface area contributed by atoms with E-state index in [1.165, 1.54) is 5.56 Å². The predicted molar refractivity (Wildman–Crippen MR) is 131 cm³/mol. The SMILES string of the molecule is O=C1C(Br)=CC2(C=C1Br)CCNC1=C2C2=NCCc3cn(Cc4ccccc4)c(c32)C1=O. The van der Waals surface area contributed by atoms with Gasteiger partial charge in [-0.05, 0) is 55.8 Å². The van der Waals surface area contributed by atoms with E-state index in [0.29, 0.717) is 40.0 Å². The maximum Gasteiger partial charge on any atom is 0.226 e. The number of hydrogen-bond acceptors (Lipinski definition) is 4. The zero-order chi connectivity index (χ0) is 22.0. The molecule has 160 valence electrons. The van der Waals surface area contributed by atoms with Crippen LogP contribution in [0.25, 0.3) is 0 Å². The van der Waals surface area contributed by atoms with Gasteiger partial charge in [-0.1, -0.05) is 42.5 Å². The smallest absolute Gasteiger partial charge is 0.226 e. The highest BCUT2D eigenvalue weighted by Gasteiger charge is 2.48. The van der Waals surface area contributed by atoms with E-state index >= 15 is 0 Å². The Labute approximate surface area is 202 Å². The Bertz CT molecular complexity index is 1310.